The molecule has 0 unspecified atom stereocenters. The highest BCUT2D eigenvalue weighted by atomic mass is 16.5. The summed E-state index contributed by atoms with van der Waals surface area (Å²) >= 11 is 0. The van der Waals surface area contributed by atoms with Crippen LogP contribution >= 0.6 is 0 Å². The smallest absolute Gasteiger partial charge is 0.321 e. The molecule has 4 heteroatoms. The van der Waals surface area contributed by atoms with E-state index in [-0.39, 0.29) is 0 Å². The predicted octanol–water partition coefficient (Wildman–Crippen LogP) is 2.61. The van der Waals surface area contributed by atoms with Gasteiger partial charge in [0, 0.05) is 6.54 Å². The van der Waals surface area contributed by atoms with Gasteiger partial charge in [-0.15, -0.1) is 0 Å². The molecule has 1 aromatic carbocycles. The zero-order chi connectivity index (χ0) is 11.5. The van der Waals surface area contributed by atoms with Gasteiger partial charge in [-0.2, -0.15) is 4.98 Å². The Morgan fingerprint density at radius 2 is 2.06 bits per heavy atom. The van der Waals surface area contributed by atoms with Crippen molar-refractivity contribution >= 4 is 6.01 Å². The minimum absolute atomic E-state index is 0.471. The Balaban J connectivity index is 2.07. The Labute approximate surface area is 94.7 Å². The maximum atomic E-state index is 4.98. The molecule has 0 spiro atoms. The molecule has 2 rings (SSSR count). The summed E-state index contributed by atoms with van der Waals surface area (Å²) in [5, 5.41) is 6.83. The van der Waals surface area contributed by atoms with Gasteiger partial charge in [0.25, 0.3) is 0 Å². The second-order valence-corrected chi connectivity index (χ2v) is 3.86. The Hall–Kier alpha value is -1.84. The molecule has 2 aromatic rings. The molecule has 0 aliphatic rings. The van der Waals surface area contributed by atoms with Crippen molar-refractivity contribution in [1.82, 2.24) is 10.1 Å². The normalized spacial score (nSPS) is 10.4. The van der Waals surface area contributed by atoms with Gasteiger partial charge < -0.3 is 9.84 Å². The van der Waals surface area contributed by atoms with E-state index in [4.69, 9.17) is 4.52 Å². The van der Waals surface area contributed by atoms with E-state index in [2.05, 4.69) is 47.5 Å². The van der Waals surface area contributed by atoms with Crippen LogP contribution < -0.4 is 5.32 Å². The number of anilines is 1. The SMILES string of the molecule is Cc1noc(NCc2cccc(C)c2C)n1. The Bertz CT molecular complexity index is 491. The summed E-state index contributed by atoms with van der Waals surface area (Å²) in [4.78, 5) is 4.09. The molecule has 0 amide bonds. The van der Waals surface area contributed by atoms with Gasteiger partial charge in [0.1, 0.15) is 0 Å². The molecule has 1 aromatic heterocycles. The first-order valence-electron chi connectivity index (χ1n) is 5.26. The maximum Gasteiger partial charge on any atom is 0.321 e. The molecule has 84 valence electrons. The van der Waals surface area contributed by atoms with Gasteiger partial charge in [-0.1, -0.05) is 23.4 Å². The lowest BCUT2D eigenvalue weighted by Gasteiger charge is -2.07. The topological polar surface area (TPSA) is 51.0 Å². The second kappa shape index (κ2) is 4.35. The summed E-state index contributed by atoms with van der Waals surface area (Å²) < 4.78 is 4.98. The number of hydrogen-bond acceptors (Lipinski definition) is 4. The molecule has 1 N–H and O–H groups in total. The van der Waals surface area contributed by atoms with Crippen molar-refractivity contribution in [2.24, 2.45) is 0 Å². The maximum absolute atomic E-state index is 4.98. The molecule has 16 heavy (non-hydrogen) atoms. The van der Waals surface area contributed by atoms with Crippen molar-refractivity contribution in [3.63, 3.8) is 0 Å². The van der Waals surface area contributed by atoms with E-state index in [0.717, 1.165) is 0 Å². The quantitative estimate of drug-likeness (QED) is 0.858. The van der Waals surface area contributed by atoms with Crippen LogP contribution in [0.15, 0.2) is 22.7 Å². The van der Waals surface area contributed by atoms with Gasteiger partial charge >= 0.3 is 6.01 Å². The third kappa shape index (κ3) is 2.21. The highest BCUT2D eigenvalue weighted by Gasteiger charge is 2.04. The van der Waals surface area contributed by atoms with Crippen molar-refractivity contribution in [3.8, 4) is 0 Å². The molecular formula is C12H15N3O. The number of hydrogen-bond donors (Lipinski definition) is 1. The van der Waals surface area contributed by atoms with Gasteiger partial charge in [0.15, 0.2) is 5.82 Å². The van der Waals surface area contributed by atoms with E-state index in [1.807, 2.05) is 0 Å². The molecular weight excluding hydrogens is 202 g/mol. The summed E-state index contributed by atoms with van der Waals surface area (Å²) in [5.74, 6) is 0.642. The number of aromatic nitrogens is 2. The first-order valence-corrected chi connectivity index (χ1v) is 5.26. The lowest BCUT2D eigenvalue weighted by atomic mass is 10.0. The molecule has 0 bridgehead atoms. The summed E-state index contributed by atoms with van der Waals surface area (Å²) in [7, 11) is 0. The van der Waals surface area contributed by atoms with E-state index in [9.17, 15) is 0 Å². The number of nitrogens with zero attached hydrogens (tertiary/aromatic N) is 2. The first kappa shape index (κ1) is 10.7. The summed E-state index contributed by atoms with van der Waals surface area (Å²) in [6, 6.07) is 6.73. The molecule has 0 saturated carbocycles. The van der Waals surface area contributed by atoms with Crippen LogP contribution in [0.4, 0.5) is 6.01 Å². The van der Waals surface area contributed by atoms with Gasteiger partial charge in [0.05, 0.1) is 0 Å². The number of aryl methyl sites for hydroxylation is 2. The van der Waals surface area contributed by atoms with Crippen LogP contribution in [0, 0.1) is 20.8 Å². The van der Waals surface area contributed by atoms with Crippen LogP contribution in [0.3, 0.4) is 0 Å². The van der Waals surface area contributed by atoms with Crippen LogP contribution in [0.2, 0.25) is 0 Å². The van der Waals surface area contributed by atoms with Gasteiger partial charge in [-0.05, 0) is 37.5 Å². The fourth-order valence-corrected chi connectivity index (χ4v) is 1.54. The van der Waals surface area contributed by atoms with Gasteiger partial charge in [-0.3, -0.25) is 0 Å². The Morgan fingerprint density at radius 1 is 1.25 bits per heavy atom. The average molecular weight is 217 g/mol. The molecule has 4 nitrogen and oxygen atoms in total. The first-order chi connectivity index (χ1) is 7.66. The minimum atomic E-state index is 0.471. The molecule has 0 radical (unpaired) electrons. The number of nitrogens with one attached hydrogen (secondary N) is 1. The molecule has 0 atom stereocenters. The Kier molecular flexibility index (Phi) is 2.90. The second-order valence-electron chi connectivity index (χ2n) is 3.86. The molecule has 0 aliphatic carbocycles. The zero-order valence-electron chi connectivity index (χ0n) is 9.74. The van der Waals surface area contributed by atoms with Crippen LogP contribution in [0.1, 0.15) is 22.5 Å². The summed E-state index contributed by atoms with van der Waals surface area (Å²) in [6.45, 7) is 6.73. The average Bonchev–Trinajstić information content (AvgIpc) is 2.67. The monoisotopic (exact) mass is 217 g/mol. The zero-order valence-corrected chi connectivity index (χ0v) is 9.74. The fraction of sp³-hybridized carbons (Fsp3) is 0.333. The van der Waals surface area contributed by atoms with Crippen molar-refractivity contribution < 1.29 is 4.52 Å². The predicted molar refractivity (Wildman–Crippen MR) is 62.3 cm³/mol. The van der Waals surface area contributed by atoms with Crippen molar-refractivity contribution in [3.05, 3.63) is 40.7 Å². The van der Waals surface area contributed by atoms with E-state index < -0.39 is 0 Å². The molecule has 0 saturated heterocycles. The highest BCUT2D eigenvalue weighted by molar-refractivity contribution is 5.35. The summed E-state index contributed by atoms with van der Waals surface area (Å²) in [5.41, 5.74) is 3.84. The standard InChI is InChI=1S/C12H15N3O/c1-8-5-4-6-11(9(8)2)7-13-12-14-10(3)15-16-12/h4-6H,7H2,1-3H3,(H,13,14,15). The van der Waals surface area contributed by atoms with E-state index in [0.29, 0.717) is 18.4 Å². The van der Waals surface area contributed by atoms with Crippen molar-refractivity contribution in [1.29, 1.82) is 0 Å². The molecule has 0 aliphatic heterocycles. The van der Waals surface area contributed by atoms with Crippen LogP contribution in [-0.4, -0.2) is 10.1 Å². The van der Waals surface area contributed by atoms with Crippen LogP contribution in [0.5, 0.6) is 0 Å². The lowest BCUT2D eigenvalue weighted by Crippen LogP contribution is -2.02. The van der Waals surface area contributed by atoms with E-state index in [1.165, 1.54) is 16.7 Å². The summed E-state index contributed by atoms with van der Waals surface area (Å²) in [6.07, 6.45) is 0. The fourth-order valence-electron chi connectivity index (χ4n) is 1.54. The van der Waals surface area contributed by atoms with Crippen LogP contribution in [0.25, 0.3) is 0 Å². The molecule has 1 heterocycles. The van der Waals surface area contributed by atoms with E-state index >= 15 is 0 Å². The number of benzene rings is 1. The third-order valence-electron chi connectivity index (χ3n) is 2.67. The van der Waals surface area contributed by atoms with Gasteiger partial charge in [0.2, 0.25) is 0 Å². The molecule has 0 fully saturated rings. The van der Waals surface area contributed by atoms with Crippen molar-refractivity contribution in [2.75, 3.05) is 5.32 Å². The lowest BCUT2D eigenvalue weighted by molar-refractivity contribution is 0.425. The highest BCUT2D eigenvalue weighted by Crippen LogP contribution is 2.14. The van der Waals surface area contributed by atoms with Crippen molar-refractivity contribution in [2.45, 2.75) is 27.3 Å². The third-order valence-corrected chi connectivity index (χ3v) is 2.67. The van der Waals surface area contributed by atoms with Gasteiger partial charge in [-0.25, -0.2) is 0 Å². The largest absolute Gasteiger partial charge is 0.334 e. The minimum Gasteiger partial charge on any atom is -0.334 e. The van der Waals surface area contributed by atoms with Crippen LogP contribution in [-0.2, 0) is 6.54 Å². The number of rotatable bonds is 3. The Morgan fingerprint density at radius 3 is 2.75 bits per heavy atom. The van der Waals surface area contributed by atoms with E-state index in [1.54, 1.807) is 6.92 Å².